The van der Waals surface area contributed by atoms with Crippen LogP contribution in [-0.4, -0.2) is 36.3 Å². The zero-order valence-electron chi connectivity index (χ0n) is 16.1. The highest BCUT2D eigenvalue weighted by Gasteiger charge is 2.29. The van der Waals surface area contributed by atoms with Gasteiger partial charge in [0.1, 0.15) is 18.4 Å². The van der Waals surface area contributed by atoms with Gasteiger partial charge in [0.05, 0.1) is 29.1 Å². The Balaban J connectivity index is 2.64. The van der Waals surface area contributed by atoms with Gasteiger partial charge in [0.2, 0.25) is 0 Å². The number of para-hydroxylation sites is 1. The summed E-state index contributed by atoms with van der Waals surface area (Å²) in [4.78, 5) is 27.7. The Morgan fingerprint density at radius 1 is 1.20 bits per heavy atom. The second-order valence-corrected chi connectivity index (χ2v) is 5.90. The zero-order chi connectivity index (χ0) is 22.3. The van der Waals surface area contributed by atoms with Crippen molar-refractivity contribution in [3.63, 3.8) is 0 Å². The van der Waals surface area contributed by atoms with Gasteiger partial charge in [-0.1, -0.05) is 12.1 Å². The molecule has 2 aromatic rings. The number of carbonyl (C=O) groups is 2. The standard InChI is InChI=1S/C20H17F3N2O5/c1-3-28-19(27)15-8-13(10-29-12(2)26)25-18(16(15)9-24)14-6-4-5-7-17(14)30-11-20(21,22)23/h4-8H,3,10-11H2,1-2H3. The molecule has 1 heterocycles. The van der Waals surface area contributed by atoms with Crippen molar-refractivity contribution < 1.29 is 37.0 Å². The average Bonchev–Trinajstić information content (AvgIpc) is 2.69. The second kappa shape index (κ2) is 9.73. The Morgan fingerprint density at radius 2 is 1.90 bits per heavy atom. The molecule has 0 aliphatic rings. The summed E-state index contributed by atoms with van der Waals surface area (Å²) in [5.41, 5.74) is -0.287. The van der Waals surface area contributed by atoms with E-state index < -0.39 is 24.7 Å². The van der Waals surface area contributed by atoms with Gasteiger partial charge in [-0.3, -0.25) is 4.79 Å². The van der Waals surface area contributed by atoms with Crippen LogP contribution in [0.25, 0.3) is 11.3 Å². The smallest absolute Gasteiger partial charge is 0.422 e. The van der Waals surface area contributed by atoms with Crippen molar-refractivity contribution in [3.8, 4) is 23.1 Å². The van der Waals surface area contributed by atoms with Crippen molar-refractivity contribution in [2.24, 2.45) is 0 Å². The van der Waals surface area contributed by atoms with E-state index in [-0.39, 0.29) is 47.0 Å². The van der Waals surface area contributed by atoms with Crippen molar-refractivity contribution in [3.05, 3.63) is 47.2 Å². The fraction of sp³-hybridized carbons (Fsp3) is 0.300. The number of rotatable bonds is 7. The highest BCUT2D eigenvalue weighted by Crippen LogP contribution is 2.34. The monoisotopic (exact) mass is 422 g/mol. The van der Waals surface area contributed by atoms with Crippen LogP contribution in [0.4, 0.5) is 13.2 Å². The summed E-state index contributed by atoms with van der Waals surface area (Å²) in [5.74, 6) is -1.61. The molecule has 0 aliphatic carbocycles. The highest BCUT2D eigenvalue weighted by atomic mass is 19.4. The minimum Gasteiger partial charge on any atom is -0.483 e. The first-order valence-corrected chi connectivity index (χ1v) is 8.69. The molecule has 1 aromatic carbocycles. The molecule has 1 aromatic heterocycles. The predicted octanol–water partition coefficient (Wildman–Crippen LogP) is 3.80. The molecule has 0 bridgehead atoms. The Bertz CT molecular complexity index is 983. The van der Waals surface area contributed by atoms with E-state index in [9.17, 15) is 28.0 Å². The van der Waals surface area contributed by atoms with Crippen molar-refractivity contribution in [1.82, 2.24) is 4.98 Å². The number of nitriles is 1. The van der Waals surface area contributed by atoms with Crippen LogP contribution in [-0.2, 0) is 20.9 Å². The molecule has 7 nitrogen and oxygen atoms in total. The molecule has 158 valence electrons. The van der Waals surface area contributed by atoms with Gasteiger partial charge in [-0.25, -0.2) is 9.78 Å². The van der Waals surface area contributed by atoms with Gasteiger partial charge in [0.25, 0.3) is 0 Å². The van der Waals surface area contributed by atoms with Crippen LogP contribution in [0.15, 0.2) is 30.3 Å². The van der Waals surface area contributed by atoms with Crippen molar-refractivity contribution >= 4 is 11.9 Å². The number of esters is 2. The minimum absolute atomic E-state index is 0.0336. The molecule has 30 heavy (non-hydrogen) atoms. The topological polar surface area (TPSA) is 98.5 Å². The number of halogens is 3. The van der Waals surface area contributed by atoms with E-state index in [0.717, 1.165) is 0 Å². The molecular formula is C20H17F3N2O5. The molecular weight excluding hydrogens is 405 g/mol. The lowest BCUT2D eigenvalue weighted by Crippen LogP contribution is -2.19. The normalized spacial score (nSPS) is 10.8. The summed E-state index contributed by atoms with van der Waals surface area (Å²) in [7, 11) is 0. The van der Waals surface area contributed by atoms with E-state index in [1.54, 1.807) is 6.92 Å². The summed E-state index contributed by atoms with van der Waals surface area (Å²) < 4.78 is 52.6. The Morgan fingerprint density at radius 3 is 2.50 bits per heavy atom. The highest BCUT2D eigenvalue weighted by molar-refractivity contribution is 5.95. The first-order valence-electron chi connectivity index (χ1n) is 8.69. The molecule has 0 amide bonds. The molecule has 0 N–H and O–H groups in total. The summed E-state index contributed by atoms with van der Waals surface area (Å²) >= 11 is 0. The van der Waals surface area contributed by atoms with Crippen molar-refractivity contribution in [2.75, 3.05) is 13.2 Å². The molecule has 0 fully saturated rings. The fourth-order valence-corrected chi connectivity index (χ4v) is 2.47. The molecule has 0 spiro atoms. The molecule has 0 atom stereocenters. The number of pyridine rings is 1. The number of hydrogen-bond acceptors (Lipinski definition) is 7. The molecule has 0 aliphatic heterocycles. The van der Waals surface area contributed by atoms with E-state index in [2.05, 4.69) is 4.98 Å². The number of ether oxygens (including phenoxy) is 3. The Kier molecular flexibility index (Phi) is 7.36. The van der Waals surface area contributed by atoms with Gasteiger partial charge in [-0.2, -0.15) is 18.4 Å². The predicted molar refractivity (Wildman–Crippen MR) is 97.4 cm³/mol. The van der Waals surface area contributed by atoms with Crippen LogP contribution in [0.1, 0.15) is 35.5 Å². The van der Waals surface area contributed by atoms with Crippen LogP contribution in [0.5, 0.6) is 5.75 Å². The van der Waals surface area contributed by atoms with E-state index in [1.807, 2.05) is 6.07 Å². The van der Waals surface area contributed by atoms with Gasteiger partial charge in [0, 0.05) is 12.5 Å². The SMILES string of the molecule is CCOC(=O)c1cc(COC(C)=O)nc(-c2ccccc2OCC(F)(F)F)c1C#N. The average molecular weight is 422 g/mol. The largest absolute Gasteiger partial charge is 0.483 e. The van der Waals surface area contributed by atoms with E-state index >= 15 is 0 Å². The maximum Gasteiger partial charge on any atom is 0.422 e. The van der Waals surface area contributed by atoms with E-state index in [1.165, 1.54) is 37.3 Å². The third-order valence-corrected chi connectivity index (χ3v) is 3.64. The summed E-state index contributed by atoms with van der Waals surface area (Å²) in [6.45, 7) is 0.922. The van der Waals surface area contributed by atoms with Crippen molar-refractivity contribution in [2.45, 2.75) is 26.6 Å². The third-order valence-electron chi connectivity index (χ3n) is 3.64. The first kappa shape index (κ1) is 22.7. The van der Waals surface area contributed by atoms with Gasteiger partial charge in [0.15, 0.2) is 6.61 Å². The molecule has 0 radical (unpaired) electrons. The number of aromatic nitrogens is 1. The van der Waals surface area contributed by atoms with E-state index in [0.29, 0.717) is 0 Å². The summed E-state index contributed by atoms with van der Waals surface area (Å²) in [5, 5.41) is 9.63. The molecule has 2 rings (SSSR count). The van der Waals surface area contributed by atoms with Gasteiger partial charge in [-0.05, 0) is 25.1 Å². The minimum atomic E-state index is -4.58. The molecule has 0 saturated carbocycles. The van der Waals surface area contributed by atoms with Gasteiger partial charge in [-0.15, -0.1) is 0 Å². The molecule has 0 unspecified atom stereocenters. The summed E-state index contributed by atoms with van der Waals surface area (Å²) in [6, 6.07) is 8.74. The van der Waals surface area contributed by atoms with Crippen LogP contribution < -0.4 is 4.74 Å². The molecule has 10 heteroatoms. The Hall–Kier alpha value is -3.61. The number of benzene rings is 1. The number of carbonyl (C=O) groups excluding carboxylic acids is 2. The number of nitrogens with zero attached hydrogens (tertiary/aromatic N) is 2. The fourth-order valence-electron chi connectivity index (χ4n) is 2.47. The van der Waals surface area contributed by atoms with Crippen LogP contribution in [0.3, 0.4) is 0 Å². The first-order chi connectivity index (χ1) is 14.2. The number of hydrogen-bond donors (Lipinski definition) is 0. The summed E-state index contributed by atoms with van der Waals surface area (Å²) in [6.07, 6.45) is -4.58. The van der Waals surface area contributed by atoms with Gasteiger partial charge >= 0.3 is 18.1 Å². The second-order valence-electron chi connectivity index (χ2n) is 5.90. The number of alkyl halides is 3. The quantitative estimate of drug-likeness (QED) is 0.626. The lowest BCUT2D eigenvalue weighted by Gasteiger charge is -2.16. The third kappa shape index (κ3) is 5.94. The lowest BCUT2D eigenvalue weighted by atomic mass is 10.00. The van der Waals surface area contributed by atoms with Crippen LogP contribution in [0.2, 0.25) is 0 Å². The van der Waals surface area contributed by atoms with Crippen LogP contribution in [0, 0.1) is 11.3 Å². The maximum atomic E-state index is 12.6. The van der Waals surface area contributed by atoms with Gasteiger partial charge < -0.3 is 14.2 Å². The maximum absolute atomic E-state index is 12.6. The Labute approximate surface area is 170 Å². The van der Waals surface area contributed by atoms with Crippen LogP contribution >= 0.6 is 0 Å². The zero-order valence-corrected chi connectivity index (χ0v) is 16.1. The molecule has 0 saturated heterocycles. The lowest BCUT2D eigenvalue weighted by molar-refractivity contribution is -0.153. The van der Waals surface area contributed by atoms with E-state index in [4.69, 9.17) is 14.2 Å². The van der Waals surface area contributed by atoms with Crippen molar-refractivity contribution in [1.29, 1.82) is 5.26 Å².